The predicted octanol–water partition coefficient (Wildman–Crippen LogP) is 2.56. The number of benzene rings is 1. The third-order valence-electron chi connectivity index (χ3n) is 3.78. The first-order chi connectivity index (χ1) is 10.1. The molecule has 1 aliphatic rings. The first kappa shape index (κ1) is 16.0. The fraction of sp³-hybridized carbons (Fsp3) is 0.625. The molecule has 2 atom stereocenters. The zero-order valence-corrected chi connectivity index (χ0v) is 12.8. The number of halogens is 1. The number of methoxy groups -OCH3 is 1. The Morgan fingerprint density at radius 2 is 2.29 bits per heavy atom. The lowest BCUT2D eigenvalue weighted by molar-refractivity contribution is 0.135. The first-order valence-electron chi connectivity index (χ1n) is 7.56. The van der Waals surface area contributed by atoms with E-state index >= 15 is 0 Å². The van der Waals surface area contributed by atoms with Gasteiger partial charge in [-0.05, 0) is 31.9 Å². The summed E-state index contributed by atoms with van der Waals surface area (Å²) in [6.07, 6.45) is 2.86. The van der Waals surface area contributed by atoms with Crippen molar-refractivity contribution in [3.8, 4) is 5.75 Å². The first-order valence-corrected chi connectivity index (χ1v) is 7.56. The second-order valence-electron chi connectivity index (χ2n) is 5.67. The van der Waals surface area contributed by atoms with Crippen LogP contribution in [-0.4, -0.2) is 39.0 Å². The molecule has 0 amide bonds. The van der Waals surface area contributed by atoms with Crippen molar-refractivity contribution in [2.24, 2.45) is 5.73 Å². The molecule has 1 saturated heterocycles. The summed E-state index contributed by atoms with van der Waals surface area (Å²) in [6.45, 7) is 4.27. The molecule has 0 spiro atoms. The zero-order valence-electron chi connectivity index (χ0n) is 12.8. The molecule has 4 nitrogen and oxygen atoms in total. The lowest BCUT2D eigenvalue weighted by Crippen LogP contribution is -2.43. The molecule has 1 aromatic rings. The van der Waals surface area contributed by atoms with Gasteiger partial charge in [-0.3, -0.25) is 0 Å². The van der Waals surface area contributed by atoms with Crippen molar-refractivity contribution in [2.45, 2.75) is 38.3 Å². The van der Waals surface area contributed by atoms with Gasteiger partial charge in [0.15, 0.2) is 0 Å². The number of nitrogens with two attached hydrogens (primary N) is 1. The van der Waals surface area contributed by atoms with Crippen LogP contribution in [0.3, 0.4) is 0 Å². The lowest BCUT2D eigenvalue weighted by atomic mass is 10.1. The molecule has 118 valence electrons. The minimum absolute atomic E-state index is 0.0209. The van der Waals surface area contributed by atoms with Gasteiger partial charge in [0, 0.05) is 45.3 Å². The highest BCUT2D eigenvalue weighted by atomic mass is 19.1. The molecule has 2 unspecified atom stereocenters. The Kier molecular flexibility index (Phi) is 5.82. The number of anilines is 1. The number of hydrogen-bond acceptors (Lipinski definition) is 4. The predicted molar refractivity (Wildman–Crippen MR) is 82.4 cm³/mol. The van der Waals surface area contributed by atoms with Gasteiger partial charge in [0.25, 0.3) is 0 Å². The highest BCUT2D eigenvalue weighted by Gasteiger charge is 2.21. The van der Waals surface area contributed by atoms with Gasteiger partial charge in [0.05, 0.1) is 11.8 Å². The molecule has 2 N–H and O–H groups in total. The Bertz CT molecular complexity index is 456. The van der Waals surface area contributed by atoms with Crippen molar-refractivity contribution in [3.63, 3.8) is 0 Å². The van der Waals surface area contributed by atoms with Gasteiger partial charge in [-0.2, -0.15) is 0 Å². The molecule has 0 aliphatic carbocycles. The molecule has 1 fully saturated rings. The van der Waals surface area contributed by atoms with Crippen LogP contribution in [0.25, 0.3) is 0 Å². The van der Waals surface area contributed by atoms with Crippen LogP contribution in [0.4, 0.5) is 10.1 Å². The van der Waals surface area contributed by atoms with E-state index in [9.17, 15) is 4.39 Å². The topological polar surface area (TPSA) is 47.7 Å². The van der Waals surface area contributed by atoms with Crippen LogP contribution in [0.5, 0.6) is 5.75 Å². The highest BCUT2D eigenvalue weighted by Crippen LogP contribution is 2.32. The minimum Gasteiger partial charge on any atom is -0.488 e. The molecule has 0 aromatic heterocycles. The van der Waals surface area contributed by atoms with Crippen LogP contribution in [0.15, 0.2) is 18.2 Å². The smallest absolute Gasteiger partial charge is 0.143 e. The van der Waals surface area contributed by atoms with Crippen LogP contribution < -0.4 is 15.4 Å². The third kappa shape index (κ3) is 4.58. The van der Waals surface area contributed by atoms with E-state index in [1.807, 2.05) is 6.92 Å². The number of ether oxygens (including phenoxy) is 2. The van der Waals surface area contributed by atoms with E-state index in [0.29, 0.717) is 12.4 Å². The van der Waals surface area contributed by atoms with E-state index in [2.05, 4.69) is 4.90 Å². The molecule has 0 bridgehead atoms. The molecule has 1 aliphatic heterocycles. The summed E-state index contributed by atoms with van der Waals surface area (Å²) in [5, 5.41) is 0. The van der Waals surface area contributed by atoms with E-state index in [1.54, 1.807) is 13.2 Å². The molecule has 1 aromatic carbocycles. The van der Waals surface area contributed by atoms with Crippen LogP contribution >= 0.6 is 0 Å². The van der Waals surface area contributed by atoms with Gasteiger partial charge in [-0.25, -0.2) is 4.39 Å². The van der Waals surface area contributed by atoms with E-state index in [-0.39, 0.29) is 18.0 Å². The average molecular weight is 296 g/mol. The summed E-state index contributed by atoms with van der Waals surface area (Å²) in [7, 11) is 1.67. The maximum Gasteiger partial charge on any atom is 0.143 e. The Morgan fingerprint density at radius 3 is 3.00 bits per heavy atom. The monoisotopic (exact) mass is 296 g/mol. The van der Waals surface area contributed by atoms with E-state index < -0.39 is 0 Å². The van der Waals surface area contributed by atoms with Crippen molar-refractivity contribution in [2.75, 3.05) is 31.7 Å². The van der Waals surface area contributed by atoms with Crippen LogP contribution in [0, 0.1) is 5.82 Å². The van der Waals surface area contributed by atoms with Gasteiger partial charge in [0.2, 0.25) is 0 Å². The SMILES string of the molecule is COCCC(C)Oc1ccc(F)cc1N1CCCC(N)C1. The standard InChI is InChI=1S/C16H25FN2O2/c1-12(7-9-20-2)21-16-6-5-13(17)10-15(16)19-8-3-4-14(18)11-19/h5-6,10,12,14H,3-4,7-9,11,18H2,1-2H3. The Labute approximate surface area is 126 Å². The van der Waals surface area contributed by atoms with Gasteiger partial charge >= 0.3 is 0 Å². The van der Waals surface area contributed by atoms with E-state index in [1.165, 1.54) is 12.1 Å². The maximum atomic E-state index is 13.6. The molecule has 1 heterocycles. The quantitative estimate of drug-likeness (QED) is 0.876. The van der Waals surface area contributed by atoms with Crippen molar-refractivity contribution in [1.82, 2.24) is 0 Å². The Balaban J connectivity index is 2.13. The fourth-order valence-corrected chi connectivity index (χ4v) is 2.63. The average Bonchev–Trinajstić information content (AvgIpc) is 2.47. The van der Waals surface area contributed by atoms with Gasteiger partial charge in [0.1, 0.15) is 11.6 Å². The van der Waals surface area contributed by atoms with Crippen LogP contribution in [-0.2, 0) is 4.74 Å². The Morgan fingerprint density at radius 1 is 1.48 bits per heavy atom. The highest BCUT2D eigenvalue weighted by molar-refractivity contribution is 5.59. The minimum atomic E-state index is -0.249. The summed E-state index contributed by atoms with van der Waals surface area (Å²) in [4.78, 5) is 2.12. The van der Waals surface area contributed by atoms with E-state index in [0.717, 1.165) is 38.0 Å². The molecule has 0 radical (unpaired) electrons. The second-order valence-corrected chi connectivity index (χ2v) is 5.67. The van der Waals surface area contributed by atoms with Crippen molar-refractivity contribution >= 4 is 5.69 Å². The normalized spacial score (nSPS) is 20.4. The van der Waals surface area contributed by atoms with Crippen LogP contribution in [0.1, 0.15) is 26.2 Å². The molecule has 0 saturated carbocycles. The summed E-state index contributed by atoms with van der Waals surface area (Å²) < 4.78 is 24.6. The molecule has 21 heavy (non-hydrogen) atoms. The fourth-order valence-electron chi connectivity index (χ4n) is 2.63. The van der Waals surface area contributed by atoms with Crippen molar-refractivity contribution in [3.05, 3.63) is 24.0 Å². The van der Waals surface area contributed by atoms with Gasteiger partial charge < -0.3 is 20.1 Å². The van der Waals surface area contributed by atoms with Crippen LogP contribution in [0.2, 0.25) is 0 Å². The van der Waals surface area contributed by atoms with Gasteiger partial charge in [-0.1, -0.05) is 0 Å². The summed E-state index contributed by atoms with van der Waals surface area (Å²) in [5.74, 6) is 0.468. The van der Waals surface area contributed by atoms with Crippen molar-refractivity contribution < 1.29 is 13.9 Å². The number of nitrogens with zero attached hydrogens (tertiary/aromatic N) is 1. The van der Waals surface area contributed by atoms with E-state index in [4.69, 9.17) is 15.2 Å². The summed E-state index contributed by atoms with van der Waals surface area (Å²) >= 11 is 0. The Hall–Kier alpha value is -1.33. The lowest BCUT2D eigenvalue weighted by Gasteiger charge is -2.34. The largest absolute Gasteiger partial charge is 0.488 e. The van der Waals surface area contributed by atoms with Crippen molar-refractivity contribution in [1.29, 1.82) is 0 Å². The molecule has 2 rings (SSSR count). The molecular formula is C16H25FN2O2. The summed E-state index contributed by atoms with van der Waals surface area (Å²) in [5.41, 5.74) is 6.83. The number of rotatable bonds is 6. The molecule has 5 heteroatoms. The second kappa shape index (κ2) is 7.61. The third-order valence-corrected chi connectivity index (χ3v) is 3.78. The number of hydrogen-bond donors (Lipinski definition) is 1. The zero-order chi connectivity index (χ0) is 15.2. The maximum absolute atomic E-state index is 13.6. The molecular weight excluding hydrogens is 271 g/mol. The number of piperidine rings is 1. The van der Waals surface area contributed by atoms with Gasteiger partial charge in [-0.15, -0.1) is 0 Å². The summed E-state index contributed by atoms with van der Waals surface area (Å²) in [6, 6.07) is 4.82.